The second-order valence-electron chi connectivity index (χ2n) is 3.98. The summed E-state index contributed by atoms with van der Waals surface area (Å²) in [5, 5.41) is 3.29. The molecule has 90 valence electrons. The van der Waals surface area contributed by atoms with E-state index in [-0.39, 0.29) is 11.9 Å². The number of ether oxygens (including phenoxy) is 1. The molecule has 0 aromatic heterocycles. The third kappa shape index (κ3) is 4.29. The lowest BCUT2D eigenvalue weighted by atomic mass is 10.1. The van der Waals surface area contributed by atoms with Gasteiger partial charge in [0, 0.05) is 19.7 Å². The van der Waals surface area contributed by atoms with Crippen molar-refractivity contribution in [3.63, 3.8) is 0 Å². The van der Waals surface area contributed by atoms with Crippen molar-refractivity contribution >= 4 is 0 Å². The fourth-order valence-electron chi connectivity index (χ4n) is 1.58. The van der Waals surface area contributed by atoms with Crippen LogP contribution in [-0.2, 0) is 11.3 Å². The van der Waals surface area contributed by atoms with E-state index in [1.54, 1.807) is 13.0 Å². The molecule has 0 amide bonds. The van der Waals surface area contributed by atoms with E-state index in [0.29, 0.717) is 5.56 Å². The molecule has 1 aromatic rings. The van der Waals surface area contributed by atoms with Crippen molar-refractivity contribution in [3.05, 3.63) is 35.1 Å². The lowest BCUT2D eigenvalue weighted by Crippen LogP contribution is -2.26. The Morgan fingerprint density at radius 2 is 2.19 bits per heavy atom. The summed E-state index contributed by atoms with van der Waals surface area (Å²) in [5.74, 6) is -0.147. The first kappa shape index (κ1) is 13.1. The lowest BCUT2D eigenvalue weighted by molar-refractivity contribution is 0.0759. The fourth-order valence-corrected chi connectivity index (χ4v) is 1.58. The molecule has 1 rings (SSSR count). The summed E-state index contributed by atoms with van der Waals surface area (Å²) in [6.07, 6.45) is 0.214. The maximum Gasteiger partial charge on any atom is 0.126 e. The molecule has 0 aliphatic heterocycles. The molecule has 0 spiro atoms. The molecule has 1 aromatic carbocycles. The van der Waals surface area contributed by atoms with E-state index >= 15 is 0 Å². The first-order chi connectivity index (χ1) is 7.63. The van der Waals surface area contributed by atoms with Crippen molar-refractivity contribution in [2.24, 2.45) is 0 Å². The van der Waals surface area contributed by atoms with Crippen LogP contribution in [0, 0.1) is 12.7 Å². The summed E-state index contributed by atoms with van der Waals surface area (Å²) >= 11 is 0. The summed E-state index contributed by atoms with van der Waals surface area (Å²) in [6.45, 7) is 8.09. The molecular weight excluding hydrogens is 205 g/mol. The highest BCUT2D eigenvalue weighted by molar-refractivity contribution is 5.23. The van der Waals surface area contributed by atoms with Crippen molar-refractivity contribution in [1.82, 2.24) is 5.32 Å². The molecule has 0 saturated heterocycles. The van der Waals surface area contributed by atoms with E-state index in [2.05, 4.69) is 5.32 Å². The molecule has 0 heterocycles. The van der Waals surface area contributed by atoms with Crippen LogP contribution in [0.15, 0.2) is 18.2 Å². The van der Waals surface area contributed by atoms with Crippen LogP contribution >= 0.6 is 0 Å². The molecule has 1 N–H and O–H groups in total. The standard InChI is InChI=1S/C13H20FNO/c1-4-16-11(3)8-15-9-12-5-6-13(14)10(2)7-12/h5-7,11,15H,4,8-9H2,1-3H3. The van der Waals surface area contributed by atoms with Gasteiger partial charge in [-0.05, 0) is 38.0 Å². The van der Waals surface area contributed by atoms with Gasteiger partial charge < -0.3 is 10.1 Å². The second-order valence-corrected chi connectivity index (χ2v) is 3.98. The van der Waals surface area contributed by atoms with Crippen LogP contribution in [0.1, 0.15) is 25.0 Å². The van der Waals surface area contributed by atoms with Crippen LogP contribution in [0.3, 0.4) is 0 Å². The third-order valence-corrected chi connectivity index (χ3v) is 2.43. The van der Waals surface area contributed by atoms with Crippen molar-refractivity contribution in [2.75, 3.05) is 13.2 Å². The number of benzene rings is 1. The van der Waals surface area contributed by atoms with E-state index in [9.17, 15) is 4.39 Å². The van der Waals surface area contributed by atoms with Gasteiger partial charge >= 0.3 is 0 Å². The Labute approximate surface area is 96.8 Å². The highest BCUT2D eigenvalue weighted by Crippen LogP contribution is 2.08. The molecular formula is C13H20FNO. The largest absolute Gasteiger partial charge is 0.377 e. The maximum atomic E-state index is 13.0. The number of hydrogen-bond acceptors (Lipinski definition) is 2. The van der Waals surface area contributed by atoms with Crippen LogP contribution in [0.4, 0.5) is 4.39 Å². The number of aryl methyl sites for hydroxylation is 1. The molecule has 0 aliphatic carbocycles. The second kappa shape index (κ2) is 6.61. The van der Waals surface area contributed by atoms with Gasteiger partial charge in [-0.3, -0.25) is 0 Å². The summed E-state index contributed by atoms with van der Waals surface area (Å²) in [4.78, 5) is 0. The Balaban J connectivity index is 2.34. The predicted molar refractivity (Wildman–Crippen MR) is 63.9 cm³/mol. The summed E-state index contributed by atoms with van der Waals surface area (Å²) in [6, 6.07) is 5.19. The molecule has 1 unspecified atom stereocenters. The zero-order chi connectivity index (χ0) is 12.0. The van der Waals surface area contributed by atoms with Crippen LogP contribution in [0.5, 0.6) is 0 Å². The minimum atomic E-state index is -0.147. The van der Waals surface area contributed by atoms with Gasteiger partial charge in [-0.2, -0.15) is 0 Å². The zero-order valence-electron chi connectivity index (χ0n) is 10.2. The molecule has 3 heteroatoms. The van der Waals surface area contributed by atoms with Gasteiger partial charge in [0.25, 0.3) is 0 Å². The van der Waals surface area contributed by atoms with Gasteiger partial charge in [0.15, 0.2) is 0 Å². The highest BCUT2D eigenvalue weighted by atomic mass is 19.1. The Morgan fingerprint density at radius 1 is 1.44 bits per heavy atom. The first-order valence-corrected chi connectivity index (χ1v) is 5.70. The molecule has 16 heavy (non-hydrogen) atoms. The van der Waals surface area contributed by atoms with Crippen molar-refractivity contribution < 1.29 is 9.13 Å². The third-order valence-electron chi connectivity index (χ3n) is 2.43. The van der Waals surface area contributed by atoms with Gasteiger partial charge in [0.2, 0.25) is 0 Å². The number of nitrogens with one attached hydrogen (secondary N) is 1. The summed E-state index contributed by atoms with van der Waals surface area (Å²) in [5.41, 5.74) is 1.79. The van der Waals surface area contributed by atoms with Gasteiger partial charge in [-0.25, -0.2) is 4.39 Å². The predicted octanol–water partition coefficient (Wildman–Crippen LogP) is 2.65. The number of halogens is 1. The van der Waals surface area contributed by atoms with Gasteiger partial charge in [0.1, 0.15) is 5.82 Å². The maximum absolute atomic E-state index is 13.0. The fraction of sp³-hybridized carbons (Fsp3) is 0.538. The Hall–Kier alpha value is -0.930. The number of rotatable bonds is 6. The van der Waals surface area contributed by atoms with Gasteiger partial charge in [-0.15, -0.1) is 0 Å². The molecule has 0 bridgehead atoms. The SMILES string of the molecule is CCOC(C)CNCc1ccc(F)c(C)c1. The van der Waals surface area contributed by atoms with E-state index < -0.39 is 0 Å². The first-order valence-electron chi connectivity index (χ1n) is 5.70. The molecule has 2 nitrogen and oxygen atoms in total. The van der Waals surface area contributed by atoms with E-state index in [4.69, 9.17) is 4.74 Å². The van der Waals surface area contributed by atoms with Crippen LogP contribution < -0.4 is 5.32 Å². The zero-order valence-corrected chi connectivity index (χ0v) is 10.2. The molecule has 0 aliphatic rings. The highest BCUT2D eigenvalue weighted by Gasteiger charge is 2.01. The molecule has 1 atom stereocenters. The molecule has 0 radical (unpaired) electrons. The minimum absolute atomic E-state index is 0.147. The molecule has 0 fully saturated rings. The summed E-state index contributed by atoms with van der Waals surface area (Å²) < 4.78 is 18.4. The van der Waals surface area contributed by atoms with E-state index in [1.165, 1.54) is 6.07 Å². The van der Waals surface area contributed by atoms with E-state index in [0.717, 1.165) is 25.3 Å². The molecule has 0 saturated carbocycles. The quantitative estimate of drug-likeness (QED) is 0.803. The monoisotopic (exact) mass is 225 g/mol. The van der Waals surface area contributed by atoms with Gasteiger partial charge in [-0.1, -0.05) is 12.1 Å². The van der Waals surface area contributed by atoms with Crippen molar-refractivity contribution in [3.8, 4) is 0 Å². The Bertz CT molecular complexity index is 328. The van der Waals surface area contributed by atoms with Crippen LogP contribution in [-0.4, -0.2) is 19.3 Å². The van der Waals surface area contributed by atoms with E-state index in [1.807, 2.05) is 19.9 Å². The smallest absolute Gasteiger partial charge is 0.126 e. The lowest BCUT2D eigenvalue weighted by Gasteiger charge is -2.12. The van der Waals surface area contributed by atoms with Crippen LogP contribution in [0.2, 0.25) is 0 Å². The van der Waals surface area contributed by atoms with Gasteiger partial charge in [0.05, 0.1) is 6.10 Å². The average molecular weight is 225 g/mol. The van der Waals surface area contributed by atoms with Crippen molar-refractivity contribution in [2.45, 2.75) is 33.4 Å². The normalized spacial score (nSPS) is 12.8. The Morgan fingerprint density at radius 3 is 2.81 bits per heavy atom. The minimum Gasteiger partial charge on any atom is -0.377 e. The average Bonchev–Trinajstić information content (AvgIpc) is 2.24. The summed E-state index contributed by atoms with van der Waals surface area (Å²) in [7, 11) is 0. The number of hydrogen-bond donors (Lipinski definition) is 1. The topological polar surface area (TPSA) is 21.3 Å². The van der Waals surface area contributed by atoms with Crippen LogP contribution in [0.25, 0.3) is 0 Å². The van der Waals surface area contributed by atoms with Crippen molar-refractivity contribution in [1.29, 1.82) is 0 Å². The Kier molecular flexibility index (Phi) is 5.43.